The lowest BCUT2D eigenvalue weighted by atomic mass is 9.97. The van der Waals surface area contributed by atoms with Gasteiger partial charge in [-0.25, -0.2) is 19.3 Å². The van der Waals surface area contributed by atoms with Crippen molar-refractivity contribution in [3.8, 4) is 11.3 Å². The smallest absolute Gasteiger partial charge is 0.416 e. The third-order valence-electron chi connectivity index (χ3n) is 7.85. The van der Waals surface area contributed by atoms with Gasteiger partial charge in [0.15, 0.2) is 5.78 Å². The van der Waals surface area contributed by atoms with Crippen LogP contribution in [0.3, 0.4) is 0 Å². The lowest BCUT2D eigenvalue weighted by Gasteiger charge is -2.30. The number of anilines is 1. The van der Waals surface area contributed by atoms with Gasteiger partial charge in [0.05, 0.1) is 36.0 Å². The number of nitrogens with zero attached hydrogens (tertiary/aromatic N) is 5. The Labute approximate surface area is 244 Å². The van der Waals surface area contributed by atoms with Gasteiger partial charge in [-0.2, -0.15) is 13.2 Å². The highest BCUT2D eigenvalue weighted by atomic mass is 32.1. The molecule has 3 aromatic rings. The van der Waals surface area contributed by atoms with E-state index in [1.54, 1.807) is 6.07 Å². The summed E-state index contributed by atoms with van der Waals surface area (Å²) >= 11 is 1.26. The summed E-state index contributed by atoms with van der Waals surface area (Å²) in [7, 11) is 0. The summed E-state index contributed by atoms with van der Waals surface area (Å²) < 4.78 is 54.7. The normalized spacial score (nSPS) is 17.5. The zero-order chi connectivity index (χ0) is 30.0. The number of aryl methyl sites for hydroxylation is 1. The van der Waals surface area contributed by atoms with Crippen LogP contribution in [0.4, 0.5) is 23.4 Å². The zero-order valence-corrected chi connectivity index (χ0v) is 23.8. The van der Waals surface area contributed by atoms with E-state index < -0.39 is 23.9 Å². The minimum absolute atomic E-state index is 0.0970. The van der Waals surface area contributed by atoms with Gasteiger partial charge in [-0.1, -0.05) is 12.1 Å². The molecular weight excluding hydrogens is 574 g/mol. The predicted molar refractivity (Wildman–Crippen MR) is 149 cm³/mol. The maximum absolute atomic E-state index is 13.7. The lowest BCUT2D eigenvalue weighted by Crippen LogP contribution is -2.36. The number of Topliss-reactive ketones (excluding diaryl/α,β-unsaturated/α-hetero) is 1. The number of likely N-dealkylation sites (tertiary alicyclic amines) is 1. The van der Waals surface area contributed by atoms with E-state index >= 15 is 0 Å². The highest BCUT2D eigenvalue weighted by Crippen LogP contribution is 2.37. The molecule has 0 bridgehead atoms. The molecule has 4 heterocycles. The number of hydrogen-bond acceptors (Lipinski definition) is 8. The Hall–Kier alpha value is -3.45. The minimum atomic E-state index is -4.52. The van der Waals surface area contributed by atoms with Crippen molar-refractivity contribution < 1.29 is 32.3 Å². The van der Waals surface area contributed by atoms with Gasteiger partial charge in [-0.15, -0.1) is 11.3 Å². The number of thiazole rings is 1. The monoisotopic (exact) mass is 605 g/mol. The number of carbonyl (C=O) groups excluding carboxylic acids is 1. The number of hydrogen-bond donors (Lipinski definition) is 1. The number of benzene rings is 1. The Kier molecular flexibility index (Phi) is 8.88. The number of halogens is 4. The average Bonchev–Trinajstić information content (AvgIpc) is 3.35. The molecule has 42 heavy (non-hydrogen) atoms. The zero-order valence-electron chi connectivity index (χ0n) is 23.0. The second-order valence-corrected chi connectivity index (χ2v) is 12.0. The van der Waals surface area contributed by atoms with Gasteiger partial charge in [-0.05, 0) is 44.2 Å². The molecule has 224 valence electrons. The van der Waals surface area contributed by atoms with Crippen LogP contribution in [0.5, 0.6) is 0 Å². The molecule has 2 saturated heterocycles. The van der Waals surface area contributed by atoms with Crippen LogP contribution in [0.1, 0.15) is 57.2 Å². The van der Waals surface area contributed by atoms with E-state index in [1.807, 2.05) is 4.90 Å². The molecule has 0 spiro atoms. The van der Waals surface area contributed by atoms with Crippen LogP contribution in [0, 0.1) is 12.8 Å². The first-order valence-electron chi connectivity index (χ1n) is 13.8. The Bertz CT molecular complexity index is 1430. The number of carboxylic acids is 1. The summed E-state index contributed by atoms with van der Waals surface area (Å²) in [6, 6.07) is 4.12. The number of aliphatic carboxylic acids is 1. The summed E-state index contributed by atoms with van der Waals surface area (Å²) in [6.07, 6.45) is -0.795. The molecular formula is C29H31F4N5O3S. The van der Waals surface area contributed by atoms with Gasteiger partial charge in [-0.3, -0.25) is 14.5 Å². The van der Waals surface area contributed by atoms with Gasteiger partial charge in [0.1, 0.15) is 22.7 Å². The van der Waals surface area contributed by atoms with Crippen molar-refractivity contribution in [3.63, 3.8) is 0 Å². The van der Waals surface area contributed by atoms with Crippen LogP contribution in [-0.4, -0.2) is 69.1 Å². The number of alkyl halides is 4. The summed E-state index contributed by atoms with van der Waals surface area (Å²) in [5.74, 6) is -0.948. The molecule has 2 aliphatic heterocycles. The fraction of sp³-hybridized carbons (Fsp3) is 0.483. The molecule has 0 unspecified atom stereocenters. The molecule has 0 radical (unpaired) electrons. The molecule has 8 nitrogen and oxygen atoms in total. The second-order valence-electron chi connectivity index (χ2n) is 10.8. The second kappa shape index (κ2) is 12.4. The van der Waals surface area contributed by atoms with Gasteiger partial charge in [0.2, 0.25) is 0 Å². The van der Waals surface area contributed by atoms with Gasteiger partial charge in [0.25, 0.3) is 0 Å². The van der Waals surface area contributed by atoms with Crippen molar-refractivity contribution >= 4 is 28.9 Å². The number of rotatable bonds is 8. The lowest BCUT2D eigenvalue weighted by molar-refractivity contribution is -0.142. The molecule has 0 amide bonds. The van der Waals surface area contributed by atoms with Gasteiger partial charge >= 0.3 is 12.1 Å². The van der Waals surface area contributed by atoms with Crippen molar-refractivity contribution in [2.75, 3.05) is 31.1 Å². The van der Waals surface area contributed by atoms with E-state index in [1.165, 1.54) is 36.7 Å². The molecule has 2 aliphatic rings. The predicted octanol–water partition coefficient (Wildman–Crippen LogP) is 5.59. The SMILES string of the molecule is Cc1ccc(-c2nc(CC(=O)c3cnc(N4CCC(C(=O)O)CC4)cn3)sc2CN2CCC(F)CC2)cc1C(F)(F)F. The summed E-state index contributed by atoms with van der Waals surface area (Å²) in [5, 5.41) is 9.64. The Morgan fingerprint density at radius 2 is 1.76 bits per heavy atom. The Morgan fingerprint density at radius 3 is 2.38 bits per heavy atom. The third-order valence-corrected chi connectivity index (χ3v) is 8.89. The quantitative estimate of drug-likeness (QED) is 0.262. The average molecular weight is 606 g/mol. The van der Waals surface area contributed by atoms with Crippen LogP contribution in [0.2, 0.25) is 0 Å². The molecule has 5 rings (SSSR count). The number of aromatic nitrogens is 3. The molecule has 0 atom stereocenters. The van der Waals surface area contributed by atoms with Crippen LogP contribution >= 0.6 is 11.3 Å². The maximum Gasteiger partial charge on any atom is 0.416 e. The van der Waals surface area contributed by atoms with Gasteiger partial charge in [0, 0.05) is 43.2 Å². The fourth-order valence-corrected chi connectivity index (χ4v) is 6.49. The van der Waals surface area contributed by atoms with Crippen molar-refractivity contribution in [3.05, 3.63) is 57.3 Å². The van der Waals surface area contributed by atoms with E-state index in [9.17, 15) is 32.3 Å². The summed E-state index contributed by atoms with van der Waals surface area (Å²) in [4.78, 5) is 42.3. The van der Waals surface area contributed by atoms with E-state index in [0.717, 1.165) is 10.9 Å². The molecule has 1 aromatic carbocycles. The maximum atomic E-state index is 13.7. The van der Waals surface area contributed by atoms with Crippen molar-refractivity contribution in [2.24, 2.45) is 5.92 Å². The Balaban J connectivity index is 1.35. The number of carbonyl (C=O) groups is 2. The van der Waals surface area contributed by atoms with E-state index in [-0.39, 0.29) is 29.4 Å². The summed E-state index contributed by atoms with van der Waals surface area (Å²) in [6.45, 7) is 3.93. The molecule has 1 N–H and O–H groups in total. The van der Waals surface area contributed by atoms with Crippen molar-refractivity contribution in [1.29, 1.82) is 0 Å². The number of carboxylic acid groups (broad SMARTS) is 1. The van der Waals surface area contributed by atoms with Crippen LogP contribution in [0.15, 0.2) is 30.6 Å². The minimum Gasteiger partial charge on any atom is -0.481 e. The Morgan fingerprint density at radius 1 is 1.05 bits per heavy atom. The standard InChI is InChI=1S/C29H31F4N5O3S/c1-17-2-3-19(12-21(17)29(31,32)33)27-24(16-37-8-6-20(30)7-9-37)42-26(36-27)13-23(39)22-14-35-25(15-34-22)38-10-4-18(5-11-38)28(40)41/h2-3,12,14-15,18,20H,4-11,13,16H2,1H3,(H,40,41). The molecule has 13 heteroatoms. The first-order valence-corrected chi connectivity index (χ1v) is 14.7. The van der Waals surface area contributed by atoms with E-state index in [0.29, 0.717) is 80.5 Å². The number of ketones is 1. The molecule has 0 saturated carbocycles. The number of piperidine rings is 2. The van der Waals surface area contributed by atoms with Crippen LogP contribution < -0.4 is 4.90 Å². The first kappa shape index (κ1) is 30.0. The van der Waals surface area contributed by atoms with E-state index in [4.69, 9.17) is 0 Å². The van der Waals surface area contributed by atoms with Crippen molar-refractivity contribution in [1.82, 2.24) is 19.9 Å². The first-order chi connectivity index (χ1) is 20.0. The molecule has 2 aromatic heterocycles. The topological polar surface area (TPSA) is 99.5 Å². The van der Waals surface area contributed by atoms with Crippen LogP contribution in [-0.2, 0) is 23.9 Å². The third kappa shape index (κ3) is 6.95. The molecule has 0 aliphatic carbocycles. The van der Waals surface area contributed by atoms with Crippen molar-refractivity contribution in [2.45, 2.75) is 57.9 Å². The van der Waals surface area contributed by atoms with E-state index in [2.05, 4.69) is 19.9 Å². The van der Waals surface area contributed by atoms with Crippen LogP contribution in [0.25, 0.3) is 11.3 Å². The largest absolute Gasteiger partial charge is 0.481 e. The summed E-state index contributed by atoms with van der Waals surface area (Å²) in [5.41, 5.74) is 0.210. The highest BCUT2D eigenvalue weighted by Gasteiger charge is 2.33. The molecule has 2 fully saturated rings. The highest BCUT2D eigenvalue weighted by molar-refractivity contribution is 7.12. The van der Waals surface area contributed by atoms with Gasteiger partial charge < -0.3 is 10.0 Å². The fourth-order valence-electron chi connectivity index (χ4n) is 5.36.